The highest BCUT2D eigenvalue weighted by Crippen LogP contribution is 2.28. The number of nitrogens with zero attached hydrogens (tertiary/aromatic N) is 1. The first-order valence-corrected chi connectivity index (χ1v) is 6.69. The van der Waals surface area contributed by atoms with Crippen LogP contribution >= 0.6 is 0 Å². The Morgan fingerprint density at radius 2 is 1.95 bits per heavy atom. The number of rotatable bonds is 6. The van der Waals surface area contributed by atoms with E-state index in [2.05, 4.69) is 0 Å². The van der Waals surface area contributed by atoms with Crippen molar-refractivity contribution in [2.45, 2.75) is 32.4 Å². The van der Waals surface area contributed by atoms with Crippen molar-refractivity contribution in [2.75, 3.05) is 13.7 Å². The first kappa shape index (κ1) is 15.6. The quantitative estimate of drug-likeness (QED) is 0.810. The number of hydrogen-bond acceptors (Lipinski definition) is 3. The molecule has 1 aliphatic rings. The van der Waals surface area contributed by atoms with Gasteiger partial charge >= 0.3 is 0 Å². The van der Waals surface area contributed by atoms with Gasteiger partial charge < -0.3 is 9.64 Å². The Balaban J connectivity index is 1.93. The van der Waals surface area contributed by atoms with Crippen LogP contribution in [0.15, 0.2) is 18.2 Å². The molecule has 0 N–H and O–H groups in total. The predicted octanol–water partition coefficient (Wildman–Crippen LogP) is 2.46. The number of alkyl halides is 2. The normalized spacial score (nSPS) is 13.6. The van der Waals surface area contributed by atoms with Gasteiger partial charge in [0.15, 0.2) is 5.78 Å². The number of Topliss-reactive ketones (excluding diaryl/α,β-unsaturated/α-hetero) is 1. The van der Waals surface area contributed by atoms with Crippen LogP contribution in [0, 0.1) is 0 Å². The van der Waals surface area contributed by atoms with E-state index in [-0.39, 0.29) is 36.7 Å². The van der Waals surface area contributed by atoms with Crippen molar-refractivity contribution in [2.24, 2.45) is 0 Å². The second-order valence-electron chi connectivity index (χ2n) is 5.05. The van der Waals surface area contributed by atoms with Gasteiger partial charge in [-0.3, -0.25) is 9.59 Å². The van der Waals surface area contributed by atoms with Crippen molar-refractivity contribution in [1.29, 1.82) is 0 Å². The Morgan fingerprint density at radius 3 is 2.62 bits per heavy atom. The van der Waals surface area contributed by atoms with Gasteiger partial charge in [-0.2, -0.15) is 0 Å². The molecule has 6 heteroatoms. The van der Waals surface area contributed by atoms with Crippen LogP contribution < -0.4 is 0 Å². The molecule has 4 nitrogen and oxygen atoms in total. The van der Waals surface area contributed by atoms with Gasteiger partial charge in [0.25, 0.3) is 6.43 Å². The molecule has 1 aromatic carbocycles. The van der Waals surface area contributed by atoms with Gasteiger partial charge in [-0.15, -0.1) is 0 Å². The Hall–Kier alpha value is -1.82. The number of amides is 1. The van der Waals surface area contributed by atoms with Crippen LogP contribution in [0.1, 0.15) is 36.0 Å². The molecule has 0 aliphatic carbocycles. The van der Waals surface area contributed by atoms with Gasteiger partial charge in [0.1, 0.15) is 6.61 Å². The van der Waals surface area contributed by atoms with Gasteiger partial charge in [0.05, 0.1) is 0 Å². The maximum Gasteiger partial charge on any atom is 0.263 e. The molecule has 0 saturated heterocycles. The number of ether oxygens (including phenoxy) is 1. The second kappa shape index (κ2) is 6.76. The third-order valence-corrected chi connectivity index (χ3v) is 3.48. The lowest BCUT2D eigenvalue weighted by Gasteiger charge is -2.14. The van der Waals surface area contributed by atoms with Crippen LogP contribution in [0.2, 0.25) is 0 Å². The van der Waals surface area contributed by atoms with Gasteiger partial charge in [0, 0.05) is 38.6 Å². The summed E-state index contributed by atoms with van der Waals surface area (Å²) < 4.78 is 30.0. The van der Waals surface area contributed by atoms with Crippen molar-refractivity contribution in [3.05, 3.63) is 34.9 Å². The molecular formula is C15H17F2NO3. The minimum absolute atomic E-state index is 0.00521. The molecule has 0 radical (unpaired) electrons. The SMILES string of the molecule is COCC(=O)CCC(=O)N1Cc2ccc(C(F)F)cc2C1. The standard InChI is InChI=1S/C15H17F2NO3/c1-21-9-13(19)4-5-14(20)18-7-11-3-2-10(15(16)17)6-12(11)8-18/h2-3,6,15H,4-5,7-9H2,1H3. The molecule has 1 aliphatic heterocycles. The van der Waals surface area contributed by atoms with Gasteiger partial charge in [0.2, 0.25) is 5.91 Å². The summed E-state index contributed by atoms with van der Waals surface area (Å²) in [6, 6.07) is 4.48. The molecule has 0 saturated carbocycles. The van der Waals surface area contributed by atoms with Crippen molar-refractivity contribution in [3.63, 3.8) is 0 Å². The Kier molecular flexibility index (Phi) is 5.01. The maximum atomic E-state index is 12.6. The third kappa shape index (κ3) is 3.85. The monoisotopic (exact) mass is 297 g/mol. The molecule has 1 aromatic rings. The molecule has 1 amide bonds. The van der Waals surface area contributed by atoms with E-state index < -0.39 is 6.43 Å². The summed E-state index contributed by atoms with van der Waals surface area (Å²) in [7, 11) is 1.43. The smallest absolute Gasteiger partial charge is 0.263 e. The van der Waals surface area contributed by atoms with Crippen molar-refractivity contribution in [3.8, 4) is 0 Å². The zero-order valence-electron chi connectivity index (χ0n) is 11.8. The minimum Gasteiger partial charge on any atom is -0.377 e. The van der Waals surface area contributed by atoms with E-state index in [1.165, 1.54) is 19.2 Å². The van der Waals surface area contributed by atoms with E-state index in [4.69, 9.17) is 4.74 Å². The lowest BCUT2D eigenvalue weighted by Crippen LogP contribution is -2.26. The van der Waals surface area contributed by atoms with Crippen molar-refractivity contribution < 1.29 is 23.1 Å². The van der Waals surface area contributed by atoms with E-state index in [9.17, 15) is 18.4 Å². The number of fused-ring (bicyclic) bond motifs is 1. The van der Waals surface area contributed by atoms with E-state index in [0.29, 0.717) is 13.1 Å². The molecule has 114 valence electrons. The summed E-state index contributed by atoms with van der Waals surface area (Å²) in [6.07, 6.45) is -2.24. The van der Waals surface area contributed by atoms with Crippen LogP contribution in [0.3, 0.4) is 0 Å². The predicted molar refractivity (Wildman–Crippen MR) is 71.8 cm³/mol. The first-order valence-electron chi connectivity index (χ1n) is 6.69. The van der Waals surface area contributed by atoms with Crippen molar-refractivity contribution >= 4 is 11.7 Å². The van der Waals surface area contributed by atoms with Crippen LogP contribution in [-0.4, -0.2) is 30.3 Å². The average molecular weight is 297 g/mol. The van der Waals surface area contributed by atoms with E-state index in [0.717, 1.165) is 11.1 Å². The average Bonchev–Trinajstić information content (AvgIpc) is 2.87. The highest BCUT2D eigenvalue weighted by Gasteiger charge is 2.24. The fourth-order valence-electron chi connectivity index (χ4n) is 2.36. The summed E-state index contributed by atoms with van der Waals surface area (Å²) >= 11 is 0. The van der Waals surface area contributed by atoms with Crippen molar-refractivity contribution in [1.82, 2.24) is 4.90 Å². The fraction of sp³-hybridized carbons (Fsp3) is 0.467. The number of methoxy groups -OCH3 is 1. The zero-order valence-corrected chi connectivity index (χ0v) is 11.8. The topological polar surface area (TPSA) is 46.6 Å². The maximum absolute atomic E-state index is 12.6. The second-order valence-corrected chi connectivity index (χ2v) is 5.05. The summed E-state index contributed by atoms with van der Waals surface area (Å²) in [5.41, 5.74) is 1.61. The Morgan fingerprint density at radius 1 is 1.24 bits per heavy atom. The minimum atomic E-state index is -2.51. The number of benzene rings is 1. The highest BCUT2D eigenvalue weighted by atomic mass is 19.3. The number of ketones is 1. The first-order chi connectivity index (χ1) is 10.0. The van der Waals surface area contributed by atoms with Crippen LogP contribution in [0.4, 0.5) is 8.78 Å². The Bertz CT molecular complexity index is 546. The summed E-state index contributed by atoms with van der Waals surface area (Å²) in [6.45, 7) is 0.745. The lowest BCUT2D eigenvalue weighted by molar-refractivity contribution is -0.134. The molecule has 21 heavy (non-hydrogen) atoms. The number of carbonyl (C=O) groups is 2. The molecule has 0 fully saturated rings. The van der Waals surface area contributed by atoms with Gasteiger partial charge in [-0.1, -0.05) is 12.1 Å². The Labute approximate surface area is 121 Å². The third-order valence-electron chi connectivity index (χ3n) is 3.48. The molecule has 0 unspecified atom stereocenters. The number of halogens is 2. The molecule has 0 bridgehead atoms. The number of hydrogen-bond donors (Lipinski definition) is 0. The van der Waals surface area contributed by atoms with Crippen LogP contribution in [-0.2, 0) is 27.4 Å². The molecule has 0 atom stereocenters. The summed E-state index contributed by atoms with van der Waals surface area (Å²) in [5.74, 6) is -0.267. The lowest BCUT2D eigenvalue weighted by atomic mass is 10.1. The molecular weight excluding hydrogens is 280 g/mol. The molecule has 0 spiro atoms. The van der Waals surface area contributed by atoms with Crippen LogP contribution in [0.5, 0.6) is 0 Å². The van der Waals surface area contributed by atoms with Crippen LogP contribution in [0.25, 0.3) is 0 Å². The van der Waals surface area contributed by atoms with Gasteiger partial charge in [-0.25, -0.2) is 8.78 Å². The molecule has 2 rings (SSSR count). The summed E-state index contributed by atoms with van der Waals surface area (Å²) in [5, 5.41) is 0. The molecule has 1 heterocycles. The van der Waals surface area contributed by atoms with E-state index in [1.54, 1.807) is 11.0 Å². The highest BCUT2D eigenvalue weighted by molar-refractivity contribution is 5.85. The largest absolute Gasteiger partial charge is 0.377 e. The zero-order chi connectivity index (χ0) is 15.4. The van der Waals surface area contributed by atoms with Gasteiger partial charge in [-0.05, 0) is 17.2 Å². The summed E-state index contributed by atoms with van der Waals surface area (Å²) in [4.78, 5) is 24.9. The van der Waals surface area contributed by atoms with E-state index >= 15 is 0 Å². The van der Waals surface area contributed by atoms with E-state index in [1.807, 2.05) is 0 Å². The fourth-order valence-corrected chi connectivity index (χ4v) is 2.36. The molecule has 0 aromatic heterocycles. The number of carbonyl (C=O) groups excluding carboxylic acids is 2.